The molecule has 1 aromatic heterocycles. The molecule has 0 aliphatic heterocycles. The molecule has 1 heterocycles. The van der Waals surface area contributed by atoms with Crippen LogP contribution in [0.2, 0.25) is 0 Å². The van der Waals surface area contributed by atoms with Crippen molar-refractivity contribution < 1.29 is 0 Å². The average molecular weight is 299 g/mol. The molecule has 0 atom stereocenters. The topological polar surface area (TPSA) is 24.9 Å². The normalized spacial score (nSPS) is 18.9. The number of hydrogen-bond donors (Lipinski definition) is 1. The second-order valence-electron chi connectivity index (χ2n) is 6.59. The van der Waals surface area contributed by atoms with Crippen LogP contribution in [-0.2, 0) is 12.0 Å². The first-order valence-electron chi connectivity index (χ1n) is 7.16. The first-order valence-corrected chi connectivity index (χ1v) is 9.26. The van der Waals surface area contributed by atoms with Gasteiger partial charge >= 0.3 is 0 Å². The molecule has 1 saturated carbocycles. The average Bonchev–Trinajstić information content (AvgIpc) is 2.97. The highest BCUT2D eigenvalue weighted by Crippen LogP contribution is 2.39. The Balaban J connectivity index is 1.84. The van der Waals surface area contributed by atoms with E-state index in [1.807, 2.05) is 11.8 Å². The summed E-state index contributed by atoms with van der Waals surface area (Å²) in [6.07, 6.45) is 7.78. The van der Waals surface area contributed by atoms with Crippen LogP contribution in [0.15, 0.2) is 5.38 Å². The van der Waals surface area contributed by atoms with E-state index in [9.17, 15) is 0 Å². The lowest BCUT2D eigenvalue weighted by molar-refractivity contribution is 0.528. The van der Waals surface area contributed by atoms with E-state index < -0.39 is 0 Å². The molecule has 0 spiro atoms. The maximum absolute atomic E-state index is 4.74. The van der Waals surface area contributed by atoms with E-state index in [0.717, 1.165) is 13.1 Å². The molecule has 0 saturated heterocycles. The lowest BCUT2D eigenvalue weighted by Gasteiger charge is -2.26. The summed E-state index contributed by atoms with van der Waals surface area (Å²) in [4.78, 5) is 4.74. The Bertz CT molecular complexity index is 401. The first-order chi connectivity index (χ1) is 8.95. The molecule has 1 aliphatic carbocycles. The molecule has 0 unspecified atom stereocenters. The zero-order valence-corrected chi connectivity index (χ0v) is 14.2. The van der Waals surface area contributed by atoms with Crippen molar-refractivity contribution in [3.63, 3.8) is 0 Å². The van der Waals surface area contributed by atoms with Crippen molar-refractivity contribution in [2.75, 3.05) is 12.8 Å². The molecule has 19 heavy (non-hydrogen) atoms. The van der Waals surface area contributed by atoms with E-state index in [1.165, 1.54) is 36.4 Å². The lowest BCUT2D eigenvalue weighted by atomic mass is 9.98. The van der Waals surface area contributed by atoms with E-state index in [-0.39, 0.29) is 5.41 Å². The summed E-state index contributed by atoms with van der Waals surface area (Å²) in [5, 5.41) is 7.07. The Kier molecular flexibility index (Phi) is 4.96. The van der Waals surface area contributed by atoms with Crippen LogP contribution in [0.4, 0.5) is 0 Å². The van der Waals surface area contributed by atoms with Crippen molar-refractivity contribution in [3.05, 3.63) is 16.1 Å². The van der Waals surface area contributed by atoms with Gasteiger partial charge in [-0.3, -0.25) is 0 Å². The highest BCUT2D eigenvalue weighted by molar-refractivity contribution is 8.00. The molecule has 1 N–H and O–H groups in total. The number of thiazole rings is 1. The summed E-state index contributed by atoms with van der Waals surface area (Å²) in [5.74, 6) is 0. The van der Waals surface area contributed by atoms with Gasteiger partial charge in [0.25, 0.3) is 0 Å². The lowest BCUT2D eigenvalue weighted by Crippen LogP contribution is -2.34. The van der Waals surface area contributed by atoms with Crippen LogP contribution in [-0.4, -0.2) is 22.5 Å². The minimum Gasteiger partial charge on any atom is -0.310 e. The quantitative estimate of drug-likeness (QED) is 0.881. The summed E-state index contributed by atoms with van der Waals surface area (Å²) in [6.45, 7) is 8.71. The highest BCUT2D eigenvalue weighted by Gasteiger charge is 2.32. The molecule has 0 amide bonds. The molecule has 108 valence electrons. The molecule has 4 heteroatoms. The largest absolute Gasteiger partial charge is 0.310 e. The standard InChI is InChI=1S/C15H26N2S2/c1-14(2,3)13-17-12(10-19-13)9-16-11-15(18-4)7-5-6-8-15/h10,16H,5-9,11H2,1-4H3. The Labute approximate surface area is 125 Å². The molecule has 1 aliphatic rings. The van der Waals surface area contributed by atoms with Crippen LogP contribution < -0.4 is 5.32 Å². The number of aromatic nitrogens is 1. The molecule has 2 nitrogen and oxygen atoms in total. The van der Waals surface area contributed by atoms with Gasteiger partial charge in [0, 0.05) is 28.6 Å². The molecular formula is C15H26N2S2. The first kappa shape index (κ1) is 15.3. The molecule has 2 rings (SSSR count). The molecule has 0 radical (unpaired) electrons. The predicted molar refractivity (Wildman–Crippen MR) is 87.2 cm³/mol. The van der Waals surface area contributed by atoms with Crippen LogP contribution in [0.3, 0.4) is 0 Å². The Hall–Kier alpha value is -0.0600. The monoisotopic (exact) mass is 298 g/mol. The summed E-state index contributed by atoms with van der Waals surface area (Å²) >= 11 is 3.83. The summed E-state index contributed by atoms with van der Waals surface area (Å²) in [5.41, 5.74) is 1.37. The Morgan fingerprint density at radius 1 is 1.37 bits per heavy atom. The number of rotatable bonds is 5. The number of nitrogens with zero attached hydrogens (tertiary/aromatic N) is 1. The third-order valence-corrected chi connectivity index (χ3v) is 6.63. The minimum atomic E-state index is 0.175. The maximum atomic E-state index is 4.74. The fourth-order valence-electron chi connectivity index (χ4n) is 2.62. The van der Waals surface area contributed by atoms with Crippen molar-refractivity contribution in [2.45, 2.75) is 63.2 Å². The molecule has 1 aromatic rings. The van der Waals surface area contributed by atoms with Gasteiger partial charge in [0.1, 0.15) is 0 Å². The smallest absolute Gasteiger partial charge is 0.0982 e. The van der Waals surface area contributed by atoms with Crippen LogP contribution in [0.5, 0.6) is 0 Å². The number of thioether (sulfide) groups is 1. The van der Waals surface area contributed by atoms with Crippen LogP contribution in [0.25, 0.3) is 0 Å². The van der Waals surface area contributed by atoms with Gasteiger partial charge in [0.15, 0.2) is 0 Å². The van der Waals surface area contributed by atoms with Crippen LogP contribution >= 0.6 is 23.1 Å². The zero-order chi connectivity index (χ0) is 13.9. The molecular weight excluding hydrogens is 272 g/mol. The fourth-order valence-corrected chi connectivity index (χ4v) is 4.47. The summed E-state index contributed by atoms with van der Waals surface area (Å²) in [7, 11) is 0. The minimum absolute atomic E-state index is 0.175. The van der Waals surface area contributed by atoms with E-state index in [0.29, 0.717) is 4.75 Å². The highest BCUT2D eigenvalue weighted by atomic mass is 32.2. The van der Waals surface area contributed by atoms with Gasteiger partial charge in [-0.2, -0.15) is 11.8 Å². The summed E-state index contributed by atoms with van der Waals surface area (Å²) < 4.78 is 0.489. The zero-order valence-electron chi connectivity index (χ0n) is 12.6. The van der Waals surface area contributed by atoms with Gasteiger partial charge in [-0.25, -0.2) is 4.98 Å². The van der Waals surface area contributed by atoms with Crippen molar-refractivity contribution in [2.24, 2.45) is 0 Å². The van der Waals surface area contributed by atoms with Gasteiger partial charge in [0.2, 0.25) is 0 Å². The van der Waals surface area contributed by atoms with Crippen molar-refractivity contribution in [3.8, 4) is 0 Å². The Morgan fingerprint density at radius 3 is 2.58 bits per heavy atom. The predicted octanol–water partition coefficient (Wildman–Crippen LogP) is 4.21. The SMILES string of the molecule is CSC1(CNCc2csc(C(C)(C)C)n2)CCCC1. The number of hydrogen-bond acceptors (Lipinski definition) is 4. The van der Waals surface area contributed by atoms with Gasteiger partial charge in [-0.05, 0) is 19.1 Å². The van der Waals surface area contributed by atoms with Crippen molar-refractivity contribution >= 4 is 23.1 Å². The third-order valence-electron chi connectivity index (χ3n) is 3.89. The second kappa shape index (κ2) is 6.15. The van der Waals surface area contributed by atoms with Gasteiger partial charge in [-0.1, -0.05) is 33.6 Å². The molecule has 0 aromatic carbocycles. The van der Waals surface area contributed by atoms with Gasteiger partial charge in [0.05, 0.1) is 10.7 Å². The van der Waals surface area contributed by atoms with E-state index in [1.54, 1.807) is 11.3 Å². The van der Waals surface area contributed by atoms with Crippen LogP contribution in [0, 0.1) is 0 Å². The molecule has 0 bridgehead atoms. The van der Waals surface area contributed by atoms with Crippen LogP contribution in [0.1, 0.15) is 57.2 Å². The Morgan fingerprint density at radius 2 is 2.05 bits per heavy atom. The van der Waals surface area contributed by atoms with E-state index in [2.05, 4.69) is 37.7 Å². The third kappa shape index (κ3) is 3.96. The van der Waals surface area contributed by atoms with Crippen molar-refractivity contribution in [1.82, 2.24) is 10.3 Å². The van der Waals surface area contributed by atoms with E-state index >= 15 is 0 Å². The number of nitrogens with one attached hydrogen (secondary N) is 1. The van der Waals surface area contributed by atoms with Crippen molar-refractivity contribution in [1.29, 1.82) is 0 Å². The van der Waals surface area contributed by atoms with E-state index in [4.69, 9.17) is 4.98 Å². The summed E-state index contributed by atoms with van der Waals surface area (Å²) in [6, 6.07) is 0. The second-order valence-corrected chi connectivity index (χ2v) is 8.72. The van der Waals surface area contributed by atoms with Gasteiger partial charge in [-0.15, -0.1) is 11.3 Å². The fraction of sp³-hybridized carbons (Fsp3) is 0.800. The van der Waals surface area contributed by atoms with Gasteiger partial charge < -0.3 is 5.32 Å². The molecule has 1 fully saturated rings. The maximum Gasteiger partial charge on any atom is 0.0982 e.